The van der Waals surface area contributed by atoms with Crippen molar-refractivity contribution in [3.8, 4) is 0 Å². The molecule has 3 fully saturated rings. The Balaban J connectivity index is 1.40. The Morgan fingerprint density at radius 1 is 1.17 bits per heavy atom. The van der Waals surface area contributed by atoms with Crippen LogP contribution < -0.4 is 5.32 Å². The number of rotatable bonds is 4. The molecule has 0 saturated heterocycles. The van der Waals surface area contributed by atoms with Crippen LogP contribution >= 0.6 is 11.6 Å². The Labute approximate surface area is 177 Å². The predicted octanol–water partition coefficient (Wildman–Crippen LogP) is 5.99. The molecule has 0 radical (unpaired) electrons. The average Bonchev–Trinajstić information content (AvgIpc) is 2.88. The molecule has 0 aliphatic heterocycles. The highest BCUT2D eigenvalue weighted by atomic mass is 35.5. The number of nitrogens with zero attached hydrogens (tertiary/aromatic N) is 3. The lowest BCUT2D eigenvalue weighted by molar-refractivity contribution is -0.121. The van der Waals surface area contributed by atoms with Gasteiger partial charge >= 0.3 is 0 Å². The van der Waals surface area contributed by atoms with Crippen molar-refractivity contribution in [1.29, 1.82) is 0 Å². The van der Waals surface area contributed by atoms with E-state index in [-0.39, 0.29) is 11.3 Å². The number of imidazole rings is 1. The Morgan fingerprint density at radius 3 is 2.55 bits per heavy atom. The zero-order chi connectivity index (χ0) is 20.2. The lowest BCUT2D eigenvalue weighted by Gasteiger charge is -2.49. The summed E-state index contributed by atoms with van der Waals surface area (Å²) in [5.41, 5.74) is 1.75. The summed E-state index contributed by atoms with van der Waals surface area (Å²) in [4.78, 5) is 22.4. The van der Waals surface area contributed by atoms with E-state index in [9.17, 15) is 4.79 Å². The number of fused-ring (bicyclic) bond motifs is 3. The lowest BCUT2D eigenvalue weighted by atomic mass is 9.55. The van der Waals surface area contributed by atoms with Gasteiger partial charge in [0.15, 0.2) is 5.65 Å². The molecule has 0 aromatic carbocycles. The van der Waals surface area contributed by atoms with Crippen molar-refractivity contribution >= 4 is 34.6 Å². The van der Waals surface area contributed by atoms with Gasteiger partial charge in [0, 0.05) is 12.5 Å². The van der Waals surface area contributed by atoms with Gasteiger partial charge in [0.25, 0.3) is 0 Å². The fraction of sp³-hybridized carbons (Fsp3) is 0.696. The maximum atomic E-state index is 13.2. The summed E-state index contributed by atoms with van der Waals surface area (Å²) in [6.07, 6.45) is 10.3. The first kappa shape index (κ1) is 19.3. The molecule has 29 heavy (non-hydrogen) atoms. The van der Waals surface area contributed by atoms with Gasteiger partial charge in [-0.05, 0) is 86.7 Å². The van der Waals surface area contributed by atoms with Crippen LogP contribution in [0.3, 0.4) is 0 Å². The minimum Gasteiger partial charge on any atom is -0.296 e. The van der Waals surface area contributed by atoms with Crippen LogP contribution in [0.4, 0.5) is 5.95 Å². The third-order valence-corrected chi connectivity index (χ3v) is 7.70. The number of aromatic nitrogens is 3. The van der Waals surface area contributed by atoms with Gasteiger partial charge in [-0.2, -0.15) is 0 Å². The van der Waals surface area contributed by atoms with E-state index in [1.165, 1.54) is 38.5 Å². The molecule has 2 aromatic rings. The smallest absolute Gasteiger partial charge is 0.227 e. The number of carbonyl (C=O) groups is 1. The van der Waals surface area contributed by atoms with E-state index in [2.05, 4.69) is 28.7 Å². The minimum atomic E-state index is 0.105. The van der Waals surface area contributed by atoms with Crippen LogP contribution in [0, 0.1) is 23.2 Å². The van der Waals surface area contributed by atoms with Crippen LogP contribution in [-0.4, -0.2) is 20.4 Å². The standard InChI is InChI=1S/C23H31ClN4O/c1-14-8-16-9-15(2)11-23(10-14,12-16)13-20(29)27-22-25-18-6-7-19(24)26-21(18)28(22)17-4-3-5-17/h6-7,14-17H,3-5,8-13H2,1-2H3,(H,25,27,29). The molecule has 3 saturated carbocycles. The fourth-order valence-corrected chi connectivity index (χ4v) is 6.81. The predicted molar refractivity (Wildman–Crippen MR) is 116 cm³/mol. The van der Waals surface area contributed by atoms with Crippen molar-refractivity contribution < 1.29 is 4.79 Å². The van der Waals surface area contributed by atoms with Gasteiger partial charge in [0.1, 0.15) is 10.7 Å². The van der Waals surface area contributed by atoms with E-state index in [4.69, 9.17) is 16.6 Å². The quantitative estimate of drug-likeness (QED) is 0.625. The normalized spacial score (nSPS) is 32.2. The number of carbonyl (C=O) groups excluding carboxylic acids is 1. The van der Waals surface area contributed by atoms with Crippen LogP contribution in [0.2, 0.25) is 5.15 Å². The number of pyridine rings is 1. The van der Waals surface area contributed by atoms with Gasteiger partial charge < -0.3 is 0 Å². The van der Waals surface area contributed by atoms with Crippen LogP contribution in [0.1, 0.15) is 77.7 Å². The molecule has 2 unspecified atom stereocenters. The molecule has 3 aliphatic carbocycles. The third kappa shape index (κ3) is 3.67. The zero-order valence-electron chi connectivity index (χ0n) is 17.5. The molecule has 1 N–H and O–H groups in total. The number of halogens is 1. The summed E-state index contributed by atoms with van der Waals surface area (Å²) < 4.78 is 2.11. The van der Waals surface area contributed by atoms with Crippen molar-refractivity contribution in [3.05, 3.63) is 17.3 Å². The van der Waals surface area contributed by atoms with Crippen molar-refractivity contribution in [2.45, 2.75) is 77.7 Å². The second kappa shape index (κ2) is 7.26. The number of hydrogen-bond acceptors (Lipinski definition) is 3. The molecule has 1 amide bonds. The maximum absolute atomic E-state index is 13.2. The zero-order valence-corrected chi connectivity index (χ0v) is 18.2. The van der Waals surface area contributed by atoms with Gasteiger partial charge in [-0.3, -0.25) is 14.7 Å². The molecule has 156 valence electrons. The first-order valence-electron chi connectivity index (χ1n) is 11.3. The molecule has 0 spiro atoms. The Kier molecular flexibility index (Phi) is 4.84. The summed E-state index contributed by atoms with van der Waals surface area (Å²) in [5, 5.41) is 3.64. The first-order valence-corrected chi connectivity index (χ1v) is 11.6. The number of hydrogen-bond donors (Lipinski definition) is 1. The second-order valence-electron chi connectivity index (χ2n) is 10.3. The van der Waals surface area contributed by atoms with Crippen LogP contribution in [0.15, 0.2) is 12.1 Å². The number of nitrogens with one attached hydrogen (secondary N) is 1. The molecule has 2 bridgehead atoms. The van der Waals surface area contributed by atoms with E-state index >= 15 is 0 Å². The maximum Gasteiger partial charge on any atom is 0.227 e. The van der Waals surface area contributed by atoms with Crippen molar-refractivity contribution in [1.82, 2.24) is 14.5 Å². The van der Waals surface area contributed by atoms with Crippen LogP contribution in [0.5, 0.6) is 0 Å². The molecule has 5 rings (SSSR count). The van der Waals surface area contributed by atoms with E-state index in [0.29, 0.717) is 23.6 Å². The molecule has 3 aliphatic rings. The summed E-state index contributed by atoms with van der Waals surface area (Å²) in [5.74, 6) is 2.99. The number of anilines is 1. The van der Waals surface area contributed by atoms with Crippen molar-refractivity contribution in [2.24, 2.45) is 23.2 Å². The van der Waals surface area contributed by atoms with Crippen LogP contribution in [0.25, 0.3) is 11.2 Å². The SMILES string of the molecule is CC1CC2CC(C)CC(CC(=O)Nc3nc4ccc(Cl)nc4n3C3CCC3)(C1)C2. The Bertz CT molecular complexity index is 915. The third-order valence-electron chi connectivity index (χ3n) is 7.49. The minimum absolute atomic E-state index is 0.105. The lowest BCUT2D eigenvalue weighted by Crippen LogP contribution is -2.41. The highest BCUT2D eigenvalue weighted by Crippen LogP contribution is 2.54. The monoisotopic (exact) mass is 414 g/mol. The summed E-state index contributed by atoms with van der Waals surface area (Å²) in [6.45, 7) is 4.72. The molecular formula is C23H31ClN4O. The van der Waals surface area contributed by atoms with Gasteiger partial charge in [-0.1, -0.05) is 25.4 Å². The van der Waals surface area contributed by atoms with Gasteiger partial charge in [-0.25, -0.2) is 9.97 Å². The van der Waals surface area contributed by atoms with Crippen molar-refractivity contribution in [2.75, 3.05) is 5.32 Å². The van der Waals surface area contributed by atoms with Gasteiger partial charge in [0.05, 0.1) is 0 Å². The van der Waals surface area contributed by atoms with E-state index in [1.807, 2.05) is 6.07 Å². The summed E-state index contributed by atoms with van der Waals surface area (Å²) in [7, 11) is 0. The number of amides is 1. The van der Waals surface area contributed by atoms with E-state index in [1.54, 1.807) is 6.07 Å². The highest BCUT2D eigenvalue weighted by molar-refractivity contribution is 6.29. The fourth-order valence-electron chi connectivity index (χ4n) is 6.66. The van der Waals surface area contributed by atoms with Gasteiger partial charge in [-0.15, -0.1) is 0 Å². The molecule has 5 nitrogen and oxygen atoms in total. The van der Waals surface area contributed by atoms with Gasteiger partial charge in [0.2, 0.25) is 11.9 Å². The summed E-state index contributed by atoms with van der Waals surface area (Å²) in [6, 6.07) is 4.01. The van der Waals surface area contributed by atoms with E-state index in [0.717, 1.165) is 41.8 Å². The molecule has 6 heteroatoms. The average molecular weight is 415 g/mol. The molecular weight excluding hydrogens is 384 g/mol. The van der Waals surface area contributed by atoms with E-state index < -0.39 is 0 Å². The molecule has 2 heterocycles. The molecule has 2 atom stereocenters. The first-order chi connectivity index (χ1) is 13.9. The Hall–Kier alpha value is -1.62. The molecule has 2 aromatic heterocycles. The second-order valence-corrected chi connectivity index (χ2v) is 10.6. The largest absolute Gasteiger partial charge is 0.296 e. The van der Waals surface area contributed by atoms with Crippen LogP contribution in [-0.2, 0) is 4.79 Å². The Morgan fingerprint density at radius 2 is 1.90 bits per heavy atom. The summed E-state index contributed by atoms with van der Waals surface area (Å²) >= 11 is 6.15. The highest BCUT2D eigenvalue weighted by Gasteiger charge is 2.45. The van der Waals surface area contributed by atoms with Crippen molar-refractivity contribution in [3.63, 3.8) is 0 Å². The topological polar surface area (TPSA) is 59.8 Å².